The second kappa shape index (κ2) is 10.1. The van der Waals surface area contributed by atoms with Gasteiger partial charge >= 0.3 is 6.03 Å². The molecule has 0 unspecified atom stereocenters. The van der Waals surface area contributed by atoms with Gasteiger partial charge in [0.1, 0.15) is 17.3 Å². The van der Waals surface area contributed by atoms with Crippen molar-refractivity contribution in [3.8, 4) is 23.0 Å². The summed E-state index contributed by atoms with van der Waals surface area (Å²) in [6, 6.07) is 16.5. The Morgan fingerprint density at radius 3 is 2.42 bits per heavy atom. The molecule has 3 aromatic carbocycles. The third kappa shape index (κ3) is 5.65. The van der Waals surface area contributed by atoms with Gasteiger partial charge in [-0.1, -0.05) is 18.2 Å². The van der Waals surface area contributed by atoms with E-state index in [0.29, 0.717) is 41.5 Å². The van der Waals surface area contributed by atoms with E-state index >= 15 is 0 Å². The van der Waals surface area contributed by atoms with Crippen LogP contribution in [0.15, 0.2) is 60.7 Å². The Kier molecular flexibility index (Phi) is 6.83. The molecule has 33 heavy (non-hydrogen) atoms. The number of methoxy groups -OCH3 is 2. The van der Waals surface area contributed by atoms with Crippen LogP contribution < -0.4 is 29.6 Å². The van der Waals surface area contributed by atoms with Gasteiger partial charge in [-0.3, -0.25) is 0 Å². The summed E-state index contributed by atoms with van der Waals surface area (Å²) in [6.45, 7) is 0.197. The zero-order valence-electron chi connectivity index (χ0n) is 18.4. The predicted molar refractivity (Wildman–Crippen MR) is 122 cm³/mol. The first-order valence-electron chi connectivity index (χ1n) is 10.5. The standard InChI is InChI=1S/C25H25FN2O5/c1-30-20-8-9-21(23(14-20)31-2)28-25(29)27-19(11-16-3-6-18(26)7-4-16)12-17-5-10-22-24(13-17)33-15-32-22/h3-10,13-14,19H,11-12,15H2,1-2H3,(H2,27,28,29)/t19-/m0/s1. The number of hydrogen-bond donors (Lipinski definition) is 2. The Labute approximate surface area is 191 Å². The van der Waals surface area contributed by atoms with Gasteiger partial charge in [-0.25, -0.2) is 9.18 Å². The molecule has 0 spiro atoms. The number of benzene rings is 3. The normalized spacial score (nSPS) is 12.7. The Morgan fingerprint density at radius 2 is 1.67 bits per heavy atom. The van der Waals surface area contributed by atoms with Gasteiger partial charge in [0, 0.05) is 12.1 Å². The van der Waals surface area contributed by atoms with Gasteiger partial charge in [0.25, 0.3) is 0 Å². The van der Waals surface area contributed by atoms with Crippen molar-refractivity contribution in [1.29, 1.82) is 0 Å². The maximum Gasteiger partial charge on any atom is 0.319 e. The van der Waals surface area contributed by atoms with E-state index in [0.717, 1.165) is 11.1 Å². The molecule has 2 amide bonds. The van der Waals surface area contributed by atoms with Crippen molar-refractivity contribution in [2.45, 2.75) is 18.9 Å². The van der Waals surface area contributed by atoms with Crippen LogP contribution in [0, 0.1) is 5.82 Å². The number of ether oxygens (including phenoxy) is 4. The monoisotopic (exact) mass is 452 g/mol. The summed E-state index contributed by atoms with van der Waals surface area (Å²) in [5, 5.41) is 5.85. The topological polar surface area (TPSA) is 78.1 Å². The third-order valence-corrected chi connectivity index (χ3v) is 5.31. The van der Waals surface area contributed by atoms with Crippen molar-refractivity contribution in [2.75, 3.05) is 26.3 Å². The van der Waals surface area contributed by atoms with E-state index in [1.165, 1.54) is 19.2 Å². The smallest absolute Gasteiger partial charge is 0.319 e. The second-order valence-electron chi connectivity index (χ2n) is 7.58. The number of carbonyl (C=O) groups is 1. The van der Waals surface area contributed by atoms with E-state index in [-0.39, 0.29) is 24.7 Å². The van der Waals surface area contributed by atoms with Crippen LogP contribution in [-0.4, -0.2) is 33.1 Å². The van der Waals surface area contributed by atoms with E-state index in [4.69, 9.17) is 18.9 Å². The molecule has 7 nitrogen and oxygen atoms in total. The third-order valence-electron chi connectivity index (χ3n) is 5.31. The number of urea groups is 1. The zero-order chi connectivity index (χ0) is 23.2. The number of halogens is 1. The maximum absolute atomic E-state index is 13.3. The summed E-state index contributed by atoms with van der Waals surface area (Å²) in [5.74, 6) is 2.18. The minimum Gasteiger partial charge on any atom is -0.497 e. The Hall–Kier alpha value is -3.94. The molecule has 1 aliphatic rings. The molecule has 0 aromatic heterocycles. The van der Waals surface area contributed by atoms with Gasteiger partial charge in [0.2, 0.25) is 6.79 Å². The van der Waals surface area contributed by atoms with Crippen molar-refractivity contribution in [3.05, 3.63) is 77.6 Å². The highest BCUT2D eigenvalue weighted by molar-refractivity contribution is 5.91. The van der Waals surface area contributed by atoms with E-state index < -0.39 is 0 Å². The Balaban J connectivity index is 1.50. The summed E-state index contributed by atoms with van der Waals surface area (Å²) in [4.78, 5) is 12.9. The Morgan fingerprint density at radius 1 is 0.939 bits per heavy atom. The zero-order valence-corrected chi connectivity index (χ0v) is 18.4. The maximum atomic E-state index is 13.3. The molecule has 4 rings (SSSR count). The first-order chi connectivity index (χ1) is 16.0. The summed E-state index contributed by atoms with van der Waals surface area (Å²) in [6.07, 6.45) is 1.06. The van der Waals surface area contributed by atoms with Crippen LogP contribution in [0.5, 0.6) is 23.0 Å². The highest BCUT2D eigenvalue weighted by Crippen LogP contribution is 2.33. The van der Waals surface area contributed by atoms with Gasteiger partial charge in [-0.05, 0) is 60.4 Å². The van der Waals surface area contributed by atoms with Gasteiger partial charge in [0.05, 0.1) is 19.9 Å². The van der Waals surface area contributed by atoms with E-state index in [1.54, 1.807) is 37.4 Å². The number of hydrogen-bond acceptors (Lipinski definition) is 5. The van der Waals surface area contributed by atoms with Gasteiger partial charge < -0.3 is 29.6 Å². The van der Waals surface area contributed by atoms with Crippen molar-refractivity contribution in [1.82, 2.24) is 5.32 Å². The molecule has 8 heteroatoms. The lowest BCUT2D eigenvalue weighted by molar-refractivity contribution is 0.174. The molecule has 0 radical (unpaired) electrons. The first-order valence-corrected chi connectivity index (χ1v) is 10.5. The molecular formula is C25H25FN2O5. The minimum atomic E-state index is -0.383. The van der Waals surface area contributed by atoms with Crippen LogP contribution in [0.4, 0.5) is 14.9 Å². The number of fused-ring (bicyclic) bond motifs is 1. The lowest BCUT2D eigenvalue weighted by atomic mass is 9.98. The SMILES string of the molecule is COc1ccc(NC(=O)N[C@@H](Cc2ccc(F)cc2)Cc2ccc3c(c2)OCO3)c(OC)c1. The van der Waals surface area contributed by atoms with Gasteiger partial charge in [0.15, 0.2) is 11.5 Å². The Bertz CT molecular complexity index is 1120. The molecule has 3 aromatic rings. The van der Waals surface area contributed by atoms with Gasteiger partial charge in [-0.15, -0.1) is 0 Å². The average molecular weight is 452 g/mol. The van der Waals surface area contributed by atoms with Crippen LogP contribution in [-0.2, 0) is 12.8 Å². The van der Waals surface area contributed by atoms with E-state index in [9.17, 15) is 9.18 Å². The molecule has 1 atom stereocenters. The number of amides is 2. The number of nitrogens with one attached hydrogen (secondary N) is 2. The van der Waals surface area contributed by atoms with Crippen LogP contribution in [0.25, 0.3) is 0 Å². The van der Waals surface area contributed by atoms with Crippen molar-refractivity contribution in [3.63, 3.8) is 0 Å². The van der Waals surface area contributed by atoms with E-state index in [2.05, 4.69) is 10.6 Å². The molecule has 172 valence electrons. The number of carbonyl (C=O) groups excluding carboxylic acids is 1. The van der Waals surface area contributed by atoms with Crippen LogP contribution in [0.3, 0.4) is 0 Å². The highest BCUT2D eigenvalue weighted by Gasteiger charge is 2.19. The molecule has 0 saturated heterocycles. The fraction of sp³-hybridized carbons (Fsp3) is 0.240. The summed E-state index contributed by atoms with van der Waals surface area (Å²) < 4.78 is 34.7. The molecule has 0 fully saturated rings. The summed E-state index contributed by atoms with van der Waals surface area (Å²) in [7, 11) is 3.08. The van der Waals surface area contributed by atoms with E-state index in [1.807, 2.05) is 18.2 Å². The van der Waals surface area contributed by atoms with Crippen LogP contribution in [0.1, 0.15) is 11.1 Å². The molecule has 0 saturated carbocycles. The molecule has 0 aliphatic carbocycles. The van der Waals surface area contributed by atoms with Crippen LogP contribution >= 0.6 is 0 Å². The molecule has 1 aliphatic heterocycles. The number of rotatable bonds is 8. The molecule has 2 N–H and O–H groups in total. The fourth-order valence-electron chi connectivity index (χ4n) is 3.68. The minimum absolute atomic E-state index is 0.197. The lowest BCUT2D eigenvalue weighted by Crippen LogP contribution is -2.40. The van der Waals surface area contributed by atoms with Crippen molar-refractivity contribution >= 4 is 11.7 Å². The average Bonchev–Trinajstić information content (AvgIpc) is 3.28. The summed E-state index contributed by atoms with van der Waals surface area (Å²) >= 11 is 0. The van der Waals surface area contributed by atoms with Crippen LogP contribution in [0.2, 0.25) is 0 Å². The highest BCUT2D eigenvalue weighted by atomic mass is 19.1. The summed E-state index contributed by atoms with van der Waals surface area (Å²) in [5.41, 5.74) is 2.40. The second-order valence-corrected chi connectivity index (χ2v) is 7.58. The predicted octanol–water partition coefficient (Wildman–Crippen LogP) is 4.55. The molecule has 0 bridgehead atoms. The van der Waals surface area contributed by atoms with Crippen molar-refractivity contribution < 1.29 is 28.1 Å². The fourth-order valence-corrected chi connectivity index (χ4v) is 3.68. The first kappa shape index (κ1) is 22.3. The van der Waals surface area contributed by atoms with Crippen molar-refractivity contribution in [2.24, 2.45) is 0 Å². The van der Waals surface area contributed by atoms with Gasteiger partial charge in [-0.2, -0.15) is 0 Å². The largest absolute Gasteiger partial charge is 0.497 e. The molecular weight excluding hydrogens is 427 g/mol. The quantitative estimate of drug-likeness (QED) is 0.525. The number of anilines is 1. The molecule has 1 heterocycles. The lowest BCUT2D eigenvalue weighted by Gasteiger charge is -2.20.